The van der Waals surface area contributed by atoms with Crippen LogP contribution in [0.3, 0.4) is 0 Å². The van der Waals surface area contributed by atoms with Gasteiger partial charge in [-0.2, -0.15) is 0 Å². The molecular formula is C6H6O. The van der Waals surface area contributed by atoms with Crippen LogP contribution in [-0.4, -0.2) is 5.11 Å². The minimum Gasteiger partial charge on any atom is -0.383 e. The van der Waals surface area contributed by atoms with Gasteiger partial charge in [0.05, 0.1) is 0 Å². The fourth-order valence-electron chi connectivity index (χ4n) is 0.518. The van der Waals surface area contributed by atoms with E-state index < -0.39 is 0 Å². The van der Waals surface area contributed by atoms with Crippen molar-refractivity contribution in [2.24, 2.45) is 5.92 Å². The van der Waals surface area contributed by atoms with E-state index in [1.165, 1.54) is 0 Å². The molecule has 0 aliphatic heterocycles. The van der Waals surface area contributed by atoms with E-state index in [0.717, 1.165) is 0 Å². The van der Waals surface area contributed by atoms with E-state index in [1.54, 1.807) is 0 Å². The Bertz CT molecular complexity index is 90.7. The molecule has 0 aromatic rings. The Morgan fingerprint density at radius 3 is 2.14 bits per heavy atom. The molecule has 1 heteroatoms. The molecule has 2 radical (unpaired) electrons. The third-order valence-corrected chi connectivity index (χ3v) is 0.897. The monoisotopic (exact) mass is 94.0 g/mol. The molecular weight excluding hydrogens is 88.1 g/mol. The molecule has 0 amide bonds. The van der Waals surface area contributed by atoms with E-state index in [0.29, 0.717) is 0 Å². The number of aliphatic hydroxyl groups excluding tert-OH is 1. The number of allylic oxidation sites excluding steroid dienone is 2. The molecule has 0 spiro atoms. The summed E-state index contributed by atoms with van der Waals surface area (Å²) in [5.41, 5.74) is 0. The lowest BCUT2D eigenvalue weighted by Crippen LogP contribution is -1.85. The highest BCUT2D eigenvalue weighted by atomic mass is 16.3. The van der Waals surface area contributed by atoms with Crippen molar-refractivity contribution in [2.45, 2.75) is 0 Å². The van der Waals surface area contributed by atoms with Crippen molar-refractivity contribution in [3.05, 3.63) is 30.9 Å². The SMILES string of the molecule is O[C]C1C=CC=C1. The van der Waals surface area contributed by atoms with Gasteiger partial charge >= 0.3 is 0 Å². The Balaban J connectivity index is 2.44. The molecule has 1 aliphatic rings. The molecule has 0 unspecified atom stereocenters. The molecule has 0 heterocycles. The molecule has 0 saturated heterocycles. The Labute approximate surface area is 43.0 Å². The standard InChI is InChI=1S/C6H6O/c7-5-6-3-1-2-4-6/h1-4,6-7H. The maximum Gasteiger partial charge on any atom is 0.139 e. The quantitative estimate of drug-likeness (QED) is 0.516. The third kappa shape index (κ3) is 0.904. The molecule has 0 aromatic carbocycles. The van der Waals surface area contributed by atoms with E-state index in [1.807, 2.05) is 24.3 Å². The summed E-state index contributed by atoms with van der Waals surface area (Å²) in [4.78, 5) is 0. The summed E-state index contributed by atoms with van der Waals surface area (Å²) in [6.07, 6.45) is 7.49. The predicted octanol–water partition coefficient (Wildman–Crippen LogP) is 1.14. The van der Waals surface area contributed by atoms with E-state index >= 15 is 0 Å². The van der Waals surface area contributed by atoms with Crippen LogP contribution in [0.1, 0.15) is 0 Å². The number of aliphatic hydroxyl groups is 1. The molecule has 0 aromatic heterocycles. The van der Waals surface area contributed by atoms with Crippen molar-refractivity contribution < 1.29 is 5.11 Å². The van der Waals surface area contributed by atoms with Crippen LogP contribution >= 0.6 is 0 Å². The van der Waals surface area contributed by atoms with Gasteiger partial charge in [-0.05, 0) is 0 Å². The Morgan fingerprint density at radius 1 is 1.29 bits per heavy atom. The summed E-state index contributed by atoms with van der Waals surface area (Å²) in [7, 11) is 0. The highest BCUT2D eigenvalue weighted by Crippen LogP contribution is 2.08. The van der Waals surface area contributed by atoms with Crippen LogP contribution in [0.5, 0.6) is 0 Å². The molecule has 36 valence electrons. The summed E-state index contributed by atoms with van der Waals surface area (Å²) >= 11 is 0. The molecule has 7 heavy (non-hydrogen) atoms. The van der Waals surface area contributed by atoms with Gasteiger partial charge in [-0.25, -0.2) is 0 Å². The van der Waals surface area contributed by atoms with E-state index in [2.05, 4.69) is 6.61 Å². The van der Waals surface area contributed by atoms with Gasteiger partial charge in [-0.1, -0.05) is 24.3 Å². The Morgan fingerprint density at radius 2 is 1.86 bits per heavy atom. The zero-order chi connectivity index (χ0) is 5.11. The highest BCUT2D eigenvalue weighted by Gasteiger charge is 1.99. The second kappa shape index (κ2) is 1.94. The van der Waals surface area contributed by atoms with Gasteiger partial charge in [-0.15, -0.1) is 0 Å². The Kier molecular flexibility index (Phi) is 1.27. The van der Waals surface area contributed by atoms with Crippen LogP contribution in [-0.2, 0) is 0 Å². The van der Waals surface area contributed by atoms with Crippen LogP contribution in [0.15, 0.2) is 24.3 Å². The van der Waals surface area contributed by atoms with Crippen LogP contribution < -0.4 is 0 Å². The van der Waals surface area contributed by atoms with Gasteiger partial charge in [0.1, 0.15) is 6.61 Å². The first kappa shape index (κ1) is 4.60. The first-order chi connectivity index (χ1) is 3.43. The predicted molar refractivity (Wildman–Crippen MR) is 26.9 cm³/mol. The van der Waals surface area contributed by atoms with Crippen molar-refractivity contribution in [1.82, 2.24) is 0 Å². The summed E-state index contributed by atoms with van der Waals surface area (Å²) in [6.45, 7) is 2.09. The van der Waals surface area contributed by atoms with Gasteiger partial charge in [0.25, 0.3) is 0 Å². The van der Waals surface area contributed by atoms with Crippen molar-refractivity contribution >= 4 is 0 Å². The fraction of sp³-hybridized carbons (Fsp3) is 0.167. The Hall–Kier alpha value is -0.560. The molecule has 0 saturated carbocycles. The van der Waals surface area contributed by atoms with Crippen LogP contribution in [0.2, 0.25) is 0 Å². The molecule has 1 N–H and O–H groups in total. The summed E-state index contributed by atoms with van der Waals surface area (Å²) in [6, 6.07) is 0. The normalized spacial score (nSPS) is 19.0. The molecule has 0 atom stereocenters. The number of rotatable bonds is 1. The maximum atomic E-state index is 8.21. The van der Waals surface area contributed by atoms with Crippen molar-refractivity contribution in [3.63, 3.8) is 0 Å². The van der Waals surface area contributed by atoms with Crippen LogP contribution in [0.4, 0.5) is 0 Å². The largest absolute Gasteiger partial charge is 0.383 e. The number of hydrogen-bond acceptors (Lipinski definition) is 1. The van der Waals surface area contributed by atoms with Gasteiger partial charge in [0.15, 0.2) is 0 Å². The lowest BCUT2D eigenvalue weighted by molar-refractivity contribution is 0.363. The second-order valence-corrected chi connectivity index (χ2v) is 1.42. The van der Waals surface area contributed by atoms with Crippen LogP contribution in [0, 0.1) is 12.5 Å². The van der Waals surface area contributed by atoms with E-state index in [-0.39, 0.29) is 5.92 Å². The summed E-state index contributed by atoms with van der Waals surface area (Å²) in [5, 5.41) is 8.21. The summed E-state index contributed by atoms with van der Waals surface area (Å²) in [5.74, 6) is 0.0417. The third-order valence-electron chi connectivity index (χ3n) is 0.897. The van der Waals surface area contributed by atoms with E-state index in [4.69, 9.17) is 5.11 Å². The lowest BCUT2D eigenvalue weighted by atomic mass is 10.2. The first-order valence-electron chi connectivity index (χ1n) is 2.18. The van der Waals surface area contributed by atoms with Gasteiger partial charge in [0, 0.05) is 5.92 Å². The average Bonchev–Trinajstić information content (AvgIpc) is 2.14. The molecule has 1 rings (SSSR count). The van der Waals surface area contributed by atoms with Crippen LogP contribution in [0.25, 0.3) is 0 Å². The molecule has 0 bridgehead atoms. The average molecular weight is 94.1 g/mol. The van der Waals surface area contributed by atoms with Crippen molar-refractivity contribution in [2.75, 3.05) is 0 Å². The highest BCUT2D eigenvalue weighted by molar-refractivity contribution is 5.19. The van der Waals surface area contributed by atoms with Gasteiger partial charge in [-0.3, -0.25) is 0 Å². The van der Waals surface area contributed by atoms with E-state index in [9.17, 15) is 0 Å². The molecule has 0 fully saturated rings. The zero-order valence-electron chi connectivity index (χ0n) is 3.83. The minimum atomic E-state index is 0.0417. The molecule has 1 aliphatic carbocycles. The van der Waals surface area contributed by atoms with Crippen molar-refractivity contribution in [3.8, 4) is 0 Å². The first-order valence-corrected chi connectivity index (χ1v) is 2.18. The fourth-order valence-corrected chi connectivity index (χ4v) is 0.518. The summed E-state index contributed by atoms with van der Waals surface area (Å²) < 4.78 is 0. The van der Waals surface area contributed by atoms with Crippen molar-refractivity contribution in [1.29, 1.82) is 0 Å². The van der Waals surface area contributed by atoms with Gasteiger partial charge < -0.3 is 5.11 Å². The topological polar surface area (TPSA) is 20.2 Å². The van der Waals surface area contributed by atoms with Gasteiger partial charge in [0.2, 0.25) is 0 Å². The number of hydrogen-bond donors (Lipinski definition) is 1. The minimum absolute atomic E-state index is 0.0417. The maximum absolute atomic E-state index is 8.21. The lowest BCUT2D eigenvalue weighted by Gasteiger charge is -1.90. The molecule has 1 nitrogen and oxygen atoms in total. The zero-order valence-corrected chi connectivity index (χ0v) is 3.83. The second-order valence-electron chi connectivity index (χ2n) is 1.42. The smallest absolute Gasteiger partial charge is 0.139 e.